The first-order valence-corrected chi connectivity index (χ1v) is 7.39. The molecule has 3 nitrogen and oxygen atoms in total. The first-order valence-electron chi connectivity index (χ1n) is 7.39. The van der Waals surface area contributed by atoms with Crippen molar-refractivity contribution in [2.24, 2.45) is 4.99 Å². The molecule has 0 saturated carbocycles. The minimum Gasteiger partial charge on any atom is -0.461 e. The van der Waals surface area contributed by atoms with Crippen LogP contribution in [0.1, 0.15) is 17.0 Å². The lowest BCUT2D eigenvalue weighted by Crippen LogP contribution is -2.14. The molecule has 1 heterocycles. The van der Waals surface area contributed by atoms with Gasteiger partial charge in [0, 0.05) is 12.1 Å². The molecule has 3 heteroatoms. The van der Waals surface area contributed by atoms with Crippen molar-refractivity contribution < 1.29 is 9.53 Å². The smallest absolute Gasteiger partial charge is 0.335 e. The SMILES string of the molecule is O=C(OCC1c2ccccc2-c2ccccc21)C1=CC=NC1. The first-order chi connectivity index (χ1) is 10.8. The van der Waals surface area contributed by atoms with E-state index >= 15 is 0 Å². The normalized spacial score (nSPS) is 15.4. The molecule has 2 aromatic rings. The van der Waals surface area contributed by atoms with Crippen LogP contribution in [0.5, 0.6) is 0 Å². The number of allylic oxidation sites excluding steroid dienone is 1. The van der Waals surface area contributed by atoms with Crippen molar-refractivity contribution >= 4 is 12.2 Å². The number of hydrogen-bond acceptors (Lipinski definition) is 3. The number of fused-ring (bicyclic) bond motifs is 3. The van der Waals surface area contributed by atoms with E-state index in [1.165, 1.54) is 22.3 Å². The molecule has 0 spiro atoms. The van der Waals surface area contributed by atoms with Gasteiger partial charge >= 0.3 is 5.97 Å². The molecule has 2 aliphatic rings. The minimum atomic E-state index is -0.264. The van der Waals surface area contributed by atoms with Crippen molar-refractivity contribution in [2.45, 2.75) is 5.92 Å². The highest BCUT2D eigenvalue weighted by molar-refractivity contribution is 5.96. The summed E-state index contributed by atoms with van der Waals surface area (Å²) < 4.78 is 5.54. The Hall–Kier alpha value is -2.68. The summed E-state index contributed by atoms with van der Waals surface area (Å²) in [4.78, 5) is 16.1. The Bertz CT molecular complexity index is 759. The van der Waals surface area contributed by atoms with Gasteiger partial charge in [-0.25, -0.2) is 4.79 Å². The van der Waals surface area contributed by atoms with Crippen LogP contribution < -0.4 is 0 Å². The summed E-state index contributed by atoms with van der Waals surface area (Å²) >= 11 is 0. The molecule has 0 unspecified atom stereocenters. The number of rotatable bonds is 3. The van der Waals surface area contributed by atoms with E-state index in [1.54, 1.807) is 12.3 Å². The molecular formula is C19H15NO2. The second kappa shape index (κ2) is 5.26. The predicted molar refractivity (Wildman–Crippen MR) is 86.1 cm³/mol. The lowest BCUT2D eigenvalue weighted by Gasteiger charge is -2.14. The van der Waals surface area contributed by atoms with Gasteiger partial charge in [0.1, 0.15) is 6.61 Å². The van der Waals surface area contributed by atoms with Gasteiger partial charge in [-0.2, -0.15) is 0 Å². The van der Waals surface area contributed by atoms with Gasteiger partial charge in [-0.1, -0.05) is 48.5 Å². The summed E-state index contributed by atoms with van der Waals surface area (Å²) in [5.74, 6) is -0.154. The van der Waals surface area contributed by atoms with Gasteiger partial charge in [0.25, 0.3) is 0 Å². The van der Waals surface area contributed by atoms with E-state index in [1.807, 2.05) is 24.3 Å². The zero-order chi connectivity index (χ0) is 14.9. The highest BCUT2D eigenvalue weighted by Gasteiger charge is 2.29. The number of hydrogen-bond donors (Lipinski definition) is 0. The molecule has 1 aliphatic heterocycles. The zero-order valence-electron chi connectivity index (χ0n) is 12.0. The number of carbonyl (C=O) groups is 1. The van der Waals surface area contributed by atoms with Gasteiger partial charge in [-0.05, 0) is 28.3 Å². The van der Waals surface area contributed by atoms with Crippen molar-refractivity contribution in [3.05, 3.63) is 71.3 Å². The van der Waals surface area contributed by atoms with Crippen molar-refractivity contribution in [1.29, 1.82) is 0 Å². The summed E-state index contributed by atoms with van der Waals surface area (Å²) in [6.45, 7) is 0.793. The third kappa shape index (κ3) is 2.06. The maximum absolute atomic E-state index is 12.1. The van der Waals surface area contributed by atoms with Gasteiger partial charge < -0.3 is 4.74 Å². The van der Waals surface area contributed by atoms with Crippen LogP contribution in [0.25, 0.3) is 11.1 Å². The second-order valence-corrected chi connectivity index (χ2v) is 5.51. The molecule has 4 rings (SSSR count). The fourth-order valence-corrected chi connectivity index (χ4v) is 3.17. The predicted octanol–water partition coefficient (Wildman–Crippen LogP) is 3.35. The number of aliphatic imine (C=N–C) groups is 1. The molecule has 0 fully saturated rings. The largest absolute Gasteiger partial charge is 0.461 e. The quantitative estimate of drug-likeness (QED) is 0.813. The fraction of sp³-hybridized carbons (Fsp3) is 0.158. The topological polar surface area (TPSA) is 38.7 Å². The van der Waals surface area contributed by atoms with E-state index in [0.717, 1.165) is 0 Å². The summed E-state index contributed by atoms with van der Waals surface area (Å²) in [6, 6.07) is 16.7. The van der Waals surface area contributed by atoms with Crippen LogP contribution in [-0.2, 0) is 9.53 Å². The molecule has 0 aromatic heterocycles. The Kier molecular flexibility index (Phi) is 3.11. The summed E-state index contributed by atoms with van der Waals surface area (Å²) in [5.41, 5.74) is 5.56. The molecule has 0 radical (unpaired) electrons. The van der Waals surface area contributed by atoms with Crippen molar-refractivity contribution in [1.82, 2.24) is 0 Å². The van der Waals surface area contributed by atoms with E-state index in [4.69, 9.17) is 4.74 Å². The van der Waals surface area contributed by atoms with Gasteiger partial charge in [0.15, 0.2) is 0 Å². The molecule has 0 amide bonds. The Morgan fingerprint density at radius 3 is 2.27 bits per heavy atom. The Labute approximate surface area is 129 Å². The van der Waals surface area contributed by atoms with Crippen LogP contribution in [0.15, 0.2) is 65.2 Å². The van der Waals surface area contributed by atoms with Crippen molar-refractivity contribution in [3.63, 3.8) is 0 Å². The standard InChI is InChI=1S/C19H15NO2/c21-19(13-9-10-20-11-13)22-12-18-16-7-3-1-5-14(16)15-6-2-4-8-17(15)18/h1-10,18H,11-12H2. The Morgan fingerprint density at radius 2 is 1.68 bits per heavy atom. The van der Waals surface area contributed by atoms with Crippen LogP contribution in [0.2, 0.25) is 0 Å². The van der Waals surface area contributed by atoms with Crippen molar-refractivity contribution in [2.75, 3.05) is 13.2 Å². The summed E-state index contributed by atoms with van der Waals surface area (Å²) in [6.07, 6.45) is 3.37. The highest BCUT2D eigenvalue weighted by atomic mass is 16.5. The van der Waals surface area contributed by atoms with Crippen LogP contribution >= 0.6 is 0 Å². The van der Waals surface area contributed by atoms with Crippen LogP contribution in [0.3, 0.4) is 0 Å². The second-order valence-electron chi connectivity index (χ2n) is 5.51. The molecular weight excluding hydrogens is 274 g/mol. The molecule has 1 aliphatic carbocycles. The fourth-order valence-electron chi connectivity index (χ4n) is 3.17. The van der Waals surface area contributed by atoms with E-state index in [9.17, 15) is 4.79 Å². The van der Waals surface area contributed by atoms with Gasteiger partial charge in [0.05, 0.1) is 12.1 Å². The highest BCUT2D eigenvalue weighted by Crippen LogP contribution is 2.44. The maximum atomic E-state index is 12.1. The third-order valence-electron chi connectivity index (χ3n) is 4.25. The van der Waals surface area contributed by atoms with Crippen LogP contribution in [0, 0.1) is 0 Å². The van der Waals surface area contributed by atoms with E-state index in [0.29, 0.717) is 18.7 Å². The summed E-state index contributed by atoms with van der Waals surface area (Å²) in [5, 5.41) is 0. The number of benzene rings is 2. The van der Waals surface area contributed by atoms with Gasteiger partial charge in [-0.3, -0.25) is 4.99 Å². The van der Waals surface area contributed by atoms with Crippen LogP contribution in [0.4, 0.5) is 0 Å². The van der Waals surface area contributed by atoms with Gasteiger partial charge in [-0.15, -0.1) is 0 Å². The first kappa shape index (κ1) is 13.0. The molecule has 108 valence electrons. The third-order valence-corrected chi connectivity index (χ3v) is 4.25. The number of nitrogens with zero attached hydrogens (tertiary/aromatic N) is 1. The zero-order valence-corrected chi connectivity index (χ0v) is 12.0. The van der Waals surface area contributed by atoms with Gasteiger partial charge in [0.2, 0.25) is 0 Å². The maximum Gasteiger partial charge on any atom is 0.335 e. The Balaban J connectivity index is 1.60. The van der Waals surface area contributed by atoms with E-state index in [2.05, 4.69) is 29.3 Å². The number of ether oxygens (including phenoxy) is 1. The minimum absolute atomic E-state index is 0.110. The van der Waals surface area contributed by atoms with E-state index in [-0.39, 0.29) is 11.9 Å². The molecule has 0 atom stereocenters. The number of esters is 1. The van der Waals surface area contributed by atoms with E-state index < -0.39 is 0 Å². The monoisotopic (exact) mass is 289 g/mol. The molecule has 0 saturated heterocycles. The molecule has 0 bridgehead atoms. The molecule has 0 N–H and O–H groups in total. The average molecular weight is 289 g/mol. The number of carbonyl (C=O) groups excluding carboxylic acids is 1. The molecule has 2 aromatic carbocycles. The van der Waals surface area contributed by atoms with Crippen molar-refractivity contribution in [3.8, 4) is 11.1 Å². The summed E-state index contributed by atoms with van der Waals surface area (Å²) in [7, 11) is 0. The average Bonchev–Trinajstić information content (AvgIpc) is 3.20. The van der Waals surface area contributed by atoms with Crippen LogP contribution in [-0.4, -0.2) is 25.3 Å². The molecule has 22 heavy (non-hydrogen) atoms. The Morgan fingerprint density at radius 1 is 1.05 bits per heavy atom. The lowest BCUT2D eigenvalue weighted by atomic mass is 9.98. The lowest BCUT2D eigenvalue weighted by molar-refractivity contribution is -0.139.